The number of fused-ring (bicyclic) bond motifs is 1. The summed E-state index contributed by atoms with van der Waals surface area (Å²) < 4.78 is 16.4. The highest BCUT2D eigenvalue weighted by atomic mass is 16.5. The van der Waals surface area contributed by atoms with E-state index in [-0.39, 0.29) is 11.2 Å². The van der Waals surface area contributed by atoms with Gasteiger partial charge in [-0.1, -0.05) is 12.1 Å². The highest BCUT2D eigenvalue weighted by Gasteiger charge is 2.18. The van der Waals surface area contributed by atoms with Gasteiger partial charge in [0.25, 0.3) is 0 Å². The molecule has 0 atom stereocenters. The Morgan fingerprint density at radius 2 is 1.62 bits per heavy atom. The molecule has 2 aromatic carbocycles. The van der Waals surface area contributed by atoms with Gasteiger partial charge in [0.05, 0.1) is 19.6 Å². The molecule has 0 saturated heterocycles. The van der Waals surface area contributed by atoms with Gasteiger partial charge in [-0.05, 0) is 31.2 Å². The fraction of sp³-hybridized carbons (Fsp3) is 0.158. The lowest BCUT2D eigenvalue weighted by Crippen LogP contribution is -2.03. The van der Waals surface area contributed by atoms with Crippen LogP contribution in [0.15, 0.2) is 51.7 Å². The molecule has 3 aromatic rings. The van der Waals surface area contributed by atoms with Crippen LogP contribution < -0.4 is 14.9 Å². The fourth-order valence-electron chi connectivity index (χ4n) is 2.65. The van der Waals surface area contributed by atoms with Gasteiger partial charge in [0.2, 0.25) is 0 Å². The van der Waals surface area contributed by atoms with Gasteiger partial charge in [0.1, 0.15) is 28.4 Å². The zero-order valence-corrected chi connectivity index (χ0v) is 13.6. The molecule has 0 radical (unpaired) electrons. The van der Waals surface area contributed by atoms with E-state index in [1.165, 1.54) is 27.2 Å². The molecular formula is C19H16O5. The number of hydrogen-bond donors (Lipinski definition) is 0. The molecule has 0 N–H and O–H groups in total. The van der Waals surface area contributed by atoms with Crippen molar-refractivity contribution in [2.24, 2.45) is 0 Å². The first-order chi connectivity index (χ1) is 11.5. The monoisotopic (exact) mass is 324 g/mol. The quantitative estimate of drug-likeness (QED) is 0.685. The molecular weight excluding hydrogens is 308 g/mol. The number of carbonyl (C=O) groups excluding carboxylic acids is 1. The molecule has 0 aliphatic rings. The maximum atomic E-state index is 12.3. The Morgan fingerprint density at radius 1 is 1.00 bits per heavy atom. The molecule has 0 bridgehead atoms. The average Bonchev–Trinajstić information content (AvgIpc) is 2.60. The predicted molar refractivity (Wildman–Crippen MR) is 91.0 cm³/mol. The number of Topliss-reactive ketones (excluding diaryl/α,β-unsaturated/α-hetero) is 1. The van der Waals surface area contributed by atoms with Crippen molar-refractivity contribution in [3.8, 4) is 22.8 Å². The molecule has 0 amide bonds. The van der Waals surface area contributed by atoms with E-state index in [1.54, 1.807) is 36.4 Å². The molecule has 24 heavy (non-hydrogen) atoms. The molecule has 5 heteroatoms. The highest BCUT2D eigenvalue weighted by molar-refractivity contribution is 6.00. The maximum absolute atomic E-state index is 12.3. The minimum atomic E-state index is -0.171. The second-order valence-electron chi connectivity index (χ2n) is 5.28. The summed E-state index contributed by atoms with van der Waals surface area (Å²) in [7, 11) is 2.95. The topological polar surface area (TPSA) is 65.7 Å². The minimum Gasteiger partial charge on any atom is -0.496 e. The molecule has 0 saturated carbocycles. The molecule has 1 heterocycles. The van der Waals surface area contributed by atoms with Crippen molar-refractivity contribution in [1.82, 2.24) is 0 Å². The van der Waals surface area contributed by atoms with E-state index in [1.807, 2.05) is 0 Å². The van der Waals surface area contributed by atoms with Crippen LogP contribution in [-0.2, 0) is 0 Å². The summed E-state index contributed by atoms with van der Waals surface area (Å²) in [5.74, 6) is 0.945. The van der Waals surface area contributed by atoms with E-state index in [0.29, 0.717) is 39.4 Å². The van der Waals surface area contributed by atoms with Crippen LogP contribution in [0.3, 0.4) is 0 Å². The Hall–Kier alpha value is -3.08. The summed E-state index contributed by atoms with van der Waals surface area (Å²) in [6, 6.07) is 11.8. The Kier molecular flexibility index (Phi) is 4.08. The first kappa shape index (κ1) is 15.8. The highest BCUT2D eigenvalue weighted by Crippen LogP contribution is 2.35. The van der Waals surface area contributed by atoms with Crippen LogP contribution in [-0.4, -0.2) is 20.0 Å². The van der Waals surface area contributed by atoms with Crippen LogP contribution in [0.4, 0.5) is 0 Å². The number of ketones is 1. The lowest BCUT2D eigenvalue weighted by atomic mass is 10.0. The predicted octanol–water partition coefficient (Wildman–Crippen LogP) is 3.68. The van der Waals surface area contributed by atoms with Gasteiger partial charge in [0, 0.05) is 11.6 Å². The molecule has 122 valence electrons. The summed E-state index contributed by atoms with van der Waals surface area (Å²) in [4.78, 5) is 24.1. The van der Waals surface area contributed by atoms with Gasteiger partial charge in [-0.15, -0.1) is 0 Å². The zero-order chi connectivity index (χ0) is 17.3. The third kappa shape index (κ3) is 2.65. The zero-order valence-electron chi connectivity index (χ0n) is 13.6. The SMILES string of the molecule is COc1cc(-c2cc(=O)c3ccccc3o2)cc(OC)c1C(C)=O. The van der Waals surface area contributed by atoms with Gasteiger partial charge in [-0.2, -0.15) is 0 Å². The number of carbonyl (C=O) groups is 1. The van der Waals surface area contributed by atoms with Crippen molar-refractivity contribution >= 4 is 16.8 Å². The second kappa shape index (κ2) is 6.20. The first-order valence-electron chi connectivity index (χ1n) is 7.35. The van der Waals surface area contributed by atoms with E-state index in [9.17, 15) is 9.59 Å². The Bertz CT molecular complexity index is 959. The van der Waals surface area contributed by atoms with Crippen LogP contribution in [0.1, 0.15) is 17.3 Å². The summed E-state index contributed by atoms with van der Waals surface area (Å²) >= 11 is 0. The third-order valence-corrected chi connectivity index (χ3v) is 3.78. The standard InChI is InChI=1S/C19H16O5/c1-11(20)19-17(22-2)8-12(9-18(19)23-3)16-10-14(21)13-6-4-5-7-15(13)24-16/h4-10H,1-3H3. The van der Waals surface area contributed by atoms with Crippen molar-refractivity contribution in [1.29, 1.82) is 0 Å². The molecule has 0 aliphatic heterocycles. The van der Waals surface area contributed by atoms with E-state index in [2.05, 4.69) is 0 Å². The van der Waals surface area contributed by atoms with Crippen molar-refractivity contribution < 1.29 is 18.7 Å². The smallest absolute Gasteiger partial charge is 0.193 e. The average molecular weight is 324 g/mol. The maximum Gasteiger partial charge on any atom is 0.193 e. The van der Waals surface area contributed by atoms with Crippen LogP contribution in [0, 0.1) is 0 Å². The van der Waals surface area contributed by atoms with Gasteiger partial charge in [-0.3, -0.25) is 9.59 Å². The molecule has 5 nitrogen and oxygen atoms in total. The Balaban J connectivity index is 2.27. The molecule has 1 aromatic heterocycles. The molecule has 0 unspecified atom stereocenters. The molecule has 0 fully saturated rings. The van der Waals surface area contributed by atoms with Crippen molar-refractivity contribution in [3.05, 3.63) is 58.3 Å². The normalized spacial score (nSPS) is 10.6. The third-order valence-electron chi connectivity index (χ3n) is 3.78. The van der Waals surface area contributed by atoms with Crippen molar-refractivity contribution in [2.75, 3.05) is 14.2 Å². The Morgan fingerprint density at radius 3 is 2.21 bits per heavy atom. The van der Waals surface area contributed by atoms with Gasteiger partial charge < -0.3 is 13.9 Å². The number of rotatable bonds is 4. The van der Waals surface area contributed by atoms with Crippen LogP contribution in [0.2, 0.25) is 0 Å². The van der Waals surface area contributed by atoms with Gasteiger partial charge >= 0.3 is 0 Å². The molecule has 3 rings (SSSR count). The fourth-order valence-corrected chi connectivity index (χ4v) is 2.65. The first-order valence-corrected chi connectivity index (χ1v) is 7.35. The summed E-state index contributed by atoms with van der Waals surface area (Å²) in [5, 5.41) is 0.514. The second-order valence-corrected chi connectivity index (χ2v) is 5.28. The lowest BCUT2D eigenvalue weighted by molar-refractivity contribution is 0.101. The number of methoxy groups -OCH3 is 2. The lowest BCUT2D eigenvalue weighted by Gasteiger charge is -2.13. The Labute approximate surface area is 138 Å². The number of benzene rings is 2. The van der Waals surface area contributed by atoms with Gasteiger partial charge in [-0.25, -0.2) is 0 Å². The minimum absolute atomic E-state index is 0.138. The number of hydrogen-bond acceptors (Lipinski definition) is 5. The van der Waals surface area contributed by atoms with Crippen molar-refractivity contribution in [2.45, 2.75) is 6.92 Å². The summed E-state index contributed by atoms with van der Waals surface area (Å²) in [5.41, 5.74) is 1.30. The molecule has 0 spiro atoms. The van der Waals surface area contributed by atoms with E-state index < -0.39 is 0 Å². The van der Waals surface area contributed by atoms with Crippen LogP contribution in [0.5, 0.6) is 11.5 Å². The van der Waals surface area contributed by atoms with Crippen LogP contribution >= 0.6 is 0 Å². The van der Waals surface area contributed by atoms with Gasteiger partial charge in [0.15, 0.2) is 11.2 Å². The molecule has 0 aliphatic carbocycles. The van der Waals surface area contributed by atoms with Crippen LogP contribution in [0.25, 0.3) is 22.3 Å². The van der Waals surface area contributed by atoms with E-state index in [4.69, 9.17) is 13.9 Å². The summed E-state index contributed by atoms with van der Waals surface area (Å²) in [6.45, 7) is 1.44. The largest absolute Gasteiger partial charge is 0.496 e. The van der Waals surface area contributed by atoms with Crippen molar-refractivity contribution in [3.63, 3.8) is 0 Å². The summed E-state index contributed by atoms with van der Waals surface area (Å²) in [6.07, 6.45) is 0. The number of ether oxygens (including phenoxy) is 2. The number of para-hydroxylation sites is 1. The van der Waals surface area contributed by atoms with E-state index >= 15 is 0 Å². The van der Waals surface area contributed by atoms with E-state index in [0.717, 1.165) is 0 Å².